The highest BCUT2D eigenvalue weighted by Gasteiger charge is 2.06. The van der Waals surface area contributed by atoms with Crippen LogP contribution in [0.1, 0.15) is 0 Å². The van der Waals surface area contributed by atoms with Gasteiger partial charge in [-0.1, -0.05) is 27.7 Å². The zero-order valence-electron chi connectivity index (χ0n) is 7.40. The van der Waals surface area contributed by atoms with Crippen molar-refractivity contribution in [3.8, 4) is 11.5 Å². The normalized spacial score (nSPS) is 10.4. The summed E-state index contributed by atoms with van der Waals surface area (Å²) in [5.41, 5.74) is 0.931. The van der Waals surface area contributed by atoms with Crippen LogP contribution in [0.2, 0.25) is 0 Å². The zero-order valence-corrected chi connectivity index (χ0v) is 9.80. The molecule has 72 valence electrons. The Morgan fingerprint density at radius 3 is 2.50 bits per heavy atom. The van der Waals surface area contributed by atoms with Crippen molar-refractivity contribution in [1.82, 2.24) is 10.2 Å². The van der Waals surface area contributed by atoms with Crippen LogP contribution in [0.4, 0.5) is 0 Å². The summed E-state index contributed by atoms with van der Waals surface area (Å²) in [6.45, 7) is 0. The lowest BCUT2D eigenvalue weighted by atomic mass is 10.2. The van der Waals surface area contributed by atoms with Crippen LogP contribution >= 0.6 is 27.7 Å². The van der Waals surface area contributed by atoms with E-state index in [1.807, 2.05) is 30.5 Å². The third-order valence-corrected chi connectivity index (χ3v) is 2.72. The Balaban J connectivity index is 2.34. The van der Waals surface area contributed by atoms with Gasteiger partial charge in [0, 0.05) is 10.0 Å². The monoisotopic (exact) mass is 270 g/mol. The Bertz CT molecular complexity index is 427. The van der Waals surface area contributed by atoms with Crippen LogP contribution in [-0.4, -0.2) is 16.5 Å². The van der Waals surface area contributed by atoms with E-state index in [-0.39, 0.29) is 0 Å². The molecule has 3 nitrogen and oxygen atoms in total. The predicted molar refractivity (Wildman–Crippen MR) is 59.2 cm³/mol. The fourth-order valence-electron chi connectivity index (χ4n) is 1.00. The molecule has 0 amide bonds. The van der Waals surface area contributed by atoms with Gasteiger partial charge in [-0.25, -0.2) is 0 Å². The first kappa shape index (κ1) is 9.73. The van der Waals surface area contributed by atoms with Crippen LogP contribution in [0, 0.1) is 0 Å². The van der Waals surface area contributed by atoms with Crippen LogP contribution < -0.4 is 0 Å². The maximum atomic E-state index is 5.38. The SMILES string of the molecule is CSc1nnc(-c2ccc(Br)cc2)o1. The molecule has 0 radical (unpaired) electrons. The van der Waals surface area contributed by atoms with Gasteiger partial charge in [-0.3, -0.25) is 0 Å². The Morgan fingerprint density at radius 1 is 1.21 bits per heavy atom. The molecule has 0 bridgehead atoms. The molecule has 14 heavy (non-hydrogen) atoms. The smallest absolute Gasteiger partial charge is 0.276 e. The minimum atomic E-state index is 0.557. The van der Waals surface area contributed by atoms with Gasteiger partial charge >= 0.3 is 0 Å². The first-order valence-electron chi connectivity index (χ1n) is 3.93. The molecule has 0 aliphatic rings. The van der Waals surface area contributed by atoms with Gasteiger partial charge in [0.1, 0.15) is 0 Å². The van der Waals surface area contributed by atoms with E-state index in [0.29, 0.717) is 11.1 Å². The van der Waals surface area contributed by atoms with Crippen LogP contribution in [0.5, 0.6) is 0 Å². The van der Waals surface area contributed by atoms with Gasteiger partial charge in [-0.05, 0) is 30.5 Å². The zero-order chi connectivity index (χ0) is 9.97. The van der Waals surface area contributed by atoms with Crippen LogP contribution in [-0.2, 0) is 0 Å². The number of aromatic nitrogens is 2. The summed E-state index contributed by atoms with van der Waals surface area (Å²) in [5.74, 6) is 0.557. The summed E-state index contributed by atoms with van der Waals surface area (Å²) >= 11 is 4.80. The van der Waals surface area contributed by atoms with E-state index in [0.717, 1.165) is 10.0 Å². The minimum absolute atomic E-state index is 0.557. The standard InChI is InChI=1S/C9H7BrN2OS/c1-14-9-12-11-8(13-9)6-2-4-7(10)5-3-6/h2-5H,1H3. The molecule has 5 heteroatoms. The first-order chi connectivity index (χ1) is 6.79. The van der Waals surface area contributed by atoms with Gasteiger partial charge in [0.2, 0.25) is 5.89 Å². The molecule has 0 unspecified atom stereocenters. The lowest BCUT2D eigenvalue weighted by Gasteiger charge is -1.93. The molecule has 1 aromatic carbocycles. The van der Waals surface area contributed by atoms with E-state index in [2.05, 4.69) is 26.1 Å². The third kappa shape index (κ3) is 1.99. The average Bonchev–Trinajstić information content (AvgIpc) is 2.67. The van der Waals surface area contributed by atoms with Gasteiger partial charge in [-0.2, -0.15) is 0 Å². The second kappa shape index (κ2) is 4.14. The van der Waals surface area contributed by atoms with E-state index in [9.17, 15) is 0 Å². The molecule has 1 aromatic heterocycles. The third-order valence-electron chi connectivity index (χ3n) is 1.67. The largest absolute Gasteiger partial charge is 0.411 e. The van der Waals surface area contributed by atoms with Gasteiger partial charge in [0.05, 0.1) is 0 Å². The summed E-state index contributed by atoms with van der Waals surface area (Å²) < 4.78 is 6.42. The van der Waals surface area contributed by atoms with E-state index in [4.69, 9.17) is 4.42 Å². The molecule has 0 spiro atoms. The Hall–Kier alpha value is -0.810. The highest BCUT2D eigenvalue weighted by atomic mass is 79.9. The van der Waals surface area contributed by atoms with E-state index in [1.165, 1.54) is 11.8 Å². The fraction of sp³-hybridized carbons (Fsp3) is 0.111. The number of halogens is 1. The topological polar surface area (TPSA) is 38.9 Å². The second-order valence-electron chi connectivity index (χ2n) is 2.58. The summed E-state index contributed by atoms with van der Waals surface area (Å²) in [6, 6.07) is 7.75. The molecular formula is C9H7BrN2OS. The van der Waals surface area contributed by atoms with Gasteiger partial charge < -0.3 is 4.42 Å². The highest BCUT2D eigenvalue weighted by Crippen LogP contribution is 2.22. The Labute approximate surface area is 94.0 Å². The molecule has 0 saturated heterocycles. The highest BCUT2D eigenvalue weighted by molar-refractivity contribution is 9.10. The molecule has 0 atom stereocenters. The van der Waals surface area contributed by atoms with Crippen molar-refractivity contribution in [3.05, 3.63) is 28.7 Å². The molecule has 2 rings (SSSR count). The maximum Gasteiger partial charge on any atom is 0.276 e. The molecule has 0 aliphatic heterocycles. The minimum Gasteiger partial charge on any atom is -0.411 e. The van der Waals surface area contributed by atoms with E-state index in [1.54, 1.807) is 0 Å². The van der Waals surface area contributed by atoms with Crippen molar-refractivity contribution in [3.63, 3.8) is 0 Å². The van der Waals surface area contributed by atoms with Gasteiger partial charge in [-0.15, -0.1) is 10.2 Å². The lowest BCUT2D eigenvalue weighted by molar-refractivity contribution is 0.466. The summed E-state index contributed by atoms with van der Waals surface area (Å²) in [6.07, 6.45) is 1.90. The molecule has 0 saturated carbocycles. The average molecular weight is 271 g/mol. The Kier molecular flexibility index (Phi) is 2.88. The second-order valence-corrected chi connectivity index (χ2v) is 4.26. The van der Waals surface area contributed by atoms with Crippen molar-refractivity contribution >= 4 is 27.7 Å². The molecule has 1 heterocycles. The summed E-state index contributed by atoms with van der Waals surface area (Å²) in [4.78, 5) is 0. The number of rotatable bonds is 2. The maximum absolute atomic E-state index is 5.38. The quantitative estimate of drug-likeness (QED) is 0.786. The number of thioether (sulfide) groups is 1. The molecule has 0 N–H and O–H groups in total. The van der Waals surface area contributed by atoms with E-state index >= 15 is 0 Å². The predicted octanol–water partition coefficient (Wildman–Crippen LogP) is 3.22. The first-order valence-corrected chi connectivity index (χ1v) is 5.95. The molecular weight excluding hydrogens is 264 g/mol. The van der Waals surface area contributed by atoms with Gasteiger partial charge in [0.25, 0.3) is 5.22 Å². The fourth-order valence-corrected chi connectivity index (χ4v) is 1.55. The number of nitrogens with zero attached hydrogens (tertiary/aromatic N) is 2. The Morgan fingerprint density at radius 2 is 1.93 bits per heavy atom. The molecule has 0 fully saturated rings. The van der Waals surface area contributed by atoms with Crippen molar-refractivity contribution in [1.29, 1.82) is 0 Å². The van der Waals surface area contributed by atoms with Crippen molar-refractivity contribution in [2.75, 3.05) is 6.26 Å². The van der Waals surface area contributed by atoms with Crippen molar-refractivity contribution in [2.45, 2.75) is 5.22 Å². The summed E-state index contributed by atoms with van der Waals surface area (Å²) in [7, 11) is 0. The van der Waals surface area contributed by atoms with Crippen LogP contribution in [0.15, 0.2) is 38.4 Å². The lowest BCUT2D eigenvalue weighted by Crippen LogP contribution is -1.76. The van der Waals surface area contributed by atoms with Crippen molar-refractivity contribution < 1.29 is 4.42 Å². The van der Waals surface area contributed by atoms with Crippen LogP contribution in [0.3, 0.4) is 0 Å². The van der Waals surface area contributed by atoms with Crippen LogP contribution in [0.25, 0.3) is 11.5 Å². The molecule has 0 aliphatic carbocycles. The summed E-state index contributed by atoms with van der Waals surface area (Å²) in [5, 5.41) is 8.39. The number of hydrogen-bond donors (Lipinski definition) is 0. The van der Waals surface area contributed by atoms with Gasteiger partial charge in [0.15, 0.2) is 0 Å². The van der Waals surface area contributed by atoms with E-state index < -0.39 is 0 Å². The number of benzene rings is 1. The number of hydrogen-bond acceptors (Lipinski definition) is 4. The molecule has 2 aromatic rings. The van der Waals surface area contributed by atoms with Crippen molar-refractivity contribution in [2.24, 2.45) is 0 Å².